The van der Waals surface area contributed by atoms with Crippen LogP contribution in [0.2, 0.25) is 5.02 Å². The zero-order valence-electron chi connectivity index (χ0n) is 17.2. The first kappa shape index (κ1) is 20.7. The fraction of sp³-hybridized carbons (Fsp3) is 0.120. The summed E-state index contributed by atoms with van der Waals surface area (Å²) in [6.45, 7) is 4.34. The summed E-state index contributed by atoms with van der Waals surface area (Å²) in [5.41, 5.74) is 3.31. The predicted octanol–water partition coefficient (Wildman–Crippen LogP) is 5.44. The molecule has 0 saturated carbocycles. The summed E-state index contributed by atoms with van der Waals surface area (Å²) in [6.07, 6.45) is 0. The third-order valence-corrected chi connectivity index (χ3v) is 5.21. The molecule has 6 heteroatoms. The van der Waals surface area contributed by atoms with E-state index in [4.69, 9.17) is 16.3 Å². The number of aryl methyl sites for hydroxylation is 1. The number of amides is 2. The van der Waals surface area contributed by atoms with Crippen LogP contribution in [0.25, 0.3) is 5.57 Å². The van der Waals surface area contributed by atoms with Crippen LogP contribution in [-0.2, 0) is 9.59 Å². The SMILES string of the molecule is CCOc1ccccc1NC1=C(c2ccc(C)cc2)C(=O)N(c2ccc(Cl)cc2)C1=O. The number of rotatable bonds is 6. The Hall–Kier alpha value is -3.57. The van der Waals surface area contributed by atoms with Crippen molar-refractivity contribution in [2.45, 2.75) is 13.8 Å². The first-order valence-corrected chi connectivity index (χ1v) is 10.3. The number of benzene rings is 3. The quantitative estimate of drug-likeness (QED) is 0.526. The molecule has 0 radical (unpaired) electrons. The summed E-state index contributed by atoms with van der Waals surface area (Å²) in [5.74, 6) is -0.229. The first-order chi connectivity index (χ1) is 15.0. The van der Waals surface area contributed by atoms with E-state index in [-0.39, 0.29) is 5.70 Å². The molecule has 3 aromatic rings. The number of ether oxygens (including phenoxy) is 1. The maximum Gasteiger partial charge on any atom is 0.282 e. The van der Waals surface area contributed by atoms with E-state index >= 15 is 0 Å². The lowest BCUT2D eigenvalue weighted by atomic mass is 10.0. The van der Waals surface area contributed by atoms with Gasteiger partial charge in [0.25, 0.3) is 11.8 Å². The van der Waals surface area contributed by atoms with Gasteiger partial charge < -0.3 is 10.1 Å². The van der Waals surface area contributed by atoms with E-state index in [2.05, 4.69) is 5.32 Å². The van der Waals surface area contributed by atoms with Crippen LogP contribution in [0.15, 0.2) is 78.5 Å². The number of hydrogen-bond acceptors (Lipinski definition) is 4. The highest BCUT2D eigenvalue weighted by Gasteiger charge is 2.40. The Morgan fingerprint density at radius 2 is 1.58 bits per heavy atom. The summed E-state index contributed by atoms with van der Waals surface area (Å²) >= 11 is 5.99. The van der Waals surface area contributed by atoms with Crippen molar-refractivity contribution in [2.75, 3.05) is 16.8 Å². The lowest BCUT2D eigenvalue weighted by molar-refractivity contribution is -0.120. The molecular weight excluding hydrogens is 412 g/mol. The highest BCUT2D eigenvalue weighted by Crippen LogP contribution is 2.36. The molecule has 0 atom stereocenters. The molecule has 0 saturated heterocycles. The zero-order chi connectivity index (χ0) is 22.0. The molecule has 0 aromatic heterocycles. The van der Waals surface area contributed by atoms with Gasteiger partial charge in [0.15, 0.2) is 0 Å². The minimum Gasteiger partial charge on any atom is -0.492 e. The molecular formula is C25H21ClN2O3. The van der Waals surface area contributed by atoms with Gasteiger partial charge in [-0.3, -0.25) is 9.59 Å². The molecule has 156 valence electrons. The maximum atomic E-state index is 13.4. The van der Waals surface area contributed by atoms with Gasteiger partial charge in [0.05, 0.1) is 23.6 Å². The molecule has 0 fully saturated rings. The molecule has 3 aromatic carbocycles. The number of carbonyl (C=O) groups is 2. The number of para-hydroxylation sites is 2. The molecule has 1 heterocycles. The lowest BCUT2D eigenvalue weighted by Gasteiger charge is -2.16. The van der Waals surface area contributed by atoms with Gasteiger partial charge in [-0.15, -0.1) is 0 Å². The molecule has 1 aliphatic rings. The van der Waals surface area contributed by atoms with Crippen molar-refractivity contribution in [3.8, 4) is 5.75 Å². The number of imide groups is 1. The molecule has 0 aliphatic carbocycles. The van der Waals surface area contributed by atoms with Gasteiger partial charge in [-0.1, -0.05) is 53.6 Å². The Kier molecular flexibility index (Phi) is 5.78. The first-order valence-electron chi connectivity index (χ1n) is 9.94. The molecule has 0 spiro atoms. The van der Waals surface area contributed by atoms with Crippen LogP contribution in [0.1, 0.15) is 18.1 Å². The average Bonchev–Trinajstić information content (AvgIpc) is 3.01. The smallest absolute Gasteiger partial charge is 0.282 e. The Morgan fingerprint density at radius 3 is 2.26 bits per heavy atom. The molecule has 0 unspecified atom stereocenters. The third-order valence-electron chi connectivity index (χ3n) is 4.96. The van der Waals surface area contributed by atoms with Crippen LogP contribution >= 0.6 is 11.6 Å². The summed E-state index contributed by atoms with van der Waals surface area (Å²) in [5, 5.41) is 3.69. The van der Waals surface area contributed by atoms with Crippen LogP contribution in [0.3, 0.4) is 0 Å². The summed E-state index contributed by atoms with van der Waals surface area (Å²) in [6, 6.07) is 21.5. The number of hydrogen-bond donors (Lipinski definition) is 1. The van der Waals surface area contributed by atoms with Crippen molar-refractivity contribution in [3.05, 3.63) is 94.6 Å². The summed E-state index contributed by atoms with van der Waals surface area (Å²) in [4.78, 5) is 28.0. The van der Waals surface area contributed by atoms with Gasteiger partial charge in [-0.05, 0) is 55.8 Å². The van der Waals surface area contributed by atoms with E-state index in [0.717, 1.165) is 10.5 Å². The second-order valence-electron chi connectivity index (χ2n) is 7.09. The summed E-state index contributed by atoms with van der Waals surface area (Å²) < 4.78 is 5.68. The molecule has 5 nitrogen and oxygen atoms in total. The fourth-order valence-corrected chi connectivity index (χ4v) is 3.57. The third kappa shape index (κ3) is 4.05. The van der Waals surface area contributed by atoms with E-state index < -0.39 is 11.8 Å². The largest absolute Gasteiger partial charge is 0.492 e. The molecule has 31 heavy (non-hydrogen) atoms. The van der Waals surface area contributed by atoms with E-state index in [0.29, 0.717) is 39.9 Å². The Labute approximate surface area is 185 Å². The van der Waals surface area contributed by atoms with Crippen LogP contribution < -0.4 is 15.0 Å². The molecule has 0 bridgehead atoms. The number of carbonyl (C=O) groups excluding carboxylic acids is 2. The van der Waals surface area contributed by atoms with Gasteiger partial charge in [0.2, 0.25) is 0 Å². The fourth-order valence-electron chi connectivity index (χ4n) is 3.44. The second-order valence-corrected chi connectivity index (χ2v) is 7.53. The lowest BCUT2D eigenvalue weighted by Crippen LogP contribution is -2.32. The van der Waals surface area contributed by atoms with Gasteiger partial charge in [0.1, 0.15) is 11.4 Å². The average molecular weight is 433 g/mol. The minimum atomic E-state index is -0.436. The second kappa shape index (κ2) is 8.66. The van der Waals surface area contributed by atoms with Crippen LogP contribution in [0.4, 0.5) is 11.4 Å². The normalized spacial score (nSPS) is 13.7. The predicted molar refractivity (Wildman–Crippen MR) is 123 cm³/mol. The Balaban J connectivity index is 1.82. The number of halogens is 1. The maximum absolute atomic E-state index is 13.4. The molecule has 1 N–H and O–H groups in total. The van der Waals surface area contributed by atoms with Gasteiger partial charge in [-0.2, -0.15) is 0 Å². The van der Waals surface area contributed by atoms with E-state index in [9.17, 15) is 9.59 Å². The Bertz CT molecular complexity index is 1170. The van der Waals surface area contributed by atoms with Crippen molar-refractivity contribution in [1.29, 1.82) is 0 Å². The minimum absolute atomic E-state index is 0.205. The van der Waals surface area contributed by atoms with Crippen molar-refractivity contribution >= 4 is 40.4 Å². The van der Waals surface area contributed by atoms with Gasteiger partial charge in [0, 0.05) is 5.02 Å². The zero-order valence-corrected chi connectivity index (χ0v) is 17.9. The van der Waals surface area contributed by atoms with E-state index in [1.54, 1.807) is 24.3 Å². The number of anilines is 2. The van der Waals surface area contributed by atoms with Crippen LogP contribution in [-0.4, -0.2) is 18.4 Å². The number of nitrogens with zero attached hydrogens (tertiary/aromatic N) is 1. The monoisotopic (exact) mass is 432 g/mol. The van der Waals surface area contributed by atoms with E-state index in [1.165, 1.54) is 0 Å². The molecule has 2 amide bonds. The van der Waals surface area contributed by atoms with Gasteiger partial charge >= 0.3 is 0 Å². The summed E-state index contributed by atoms with van der Waals surface area (Å²) in [7, 11) is 0. The highest BCUT2D eigenvalue weighted by molar-refractivity contribution is 6.46. The topological polar surface area (TPSA) is 58.6 Å². The standard InChI is InChI=1S/C25H21ClN2O3/c1-3-31-21-7-5-4-6-20(21)27-23-22(17-10-8-16(2)9-11-17)24(29)28(25(23)30)19-14-12-18(26)13-15-19/h4-15,27H,3H2,1-2H3. The van der Waals surface area contributed by atoms with E-state index in [1.807, 2.05) is 62.4 Å². The molecule has 4 rings (SSSR count). The highest BCUT2D eigenvalue weighted by atomic mass is 35.5. The van der Waals surface area contributed by atoms with Gasteiger partial charge in [-0.25, -0.2) is 4.90 Å². The van der Waals surface area contributed by atoms with Crippen molar-refractivity contribution < 1.29 is 14.3 Å². The van der Waals surface area contributed by atoms with Crippen molar-refractivity contribution in [1.82, 2.24) is 0 Å². The van der Waals surface area contributed by atoms with Crippen molar-refractivity contribution in [3.63, 3.8) is 0 Å². The molecule has 1 aliphatic heterocycles. The Morgan fingerprint density at radius 1 is 0.903 bits per heavy atom. The van der Waals surface area contributed by atoms with Crippen LogP contribution in [0, 0.1) is 6.92 Å². The number of nitrogens with one attached hydrogen (secondary N) is 1. The van der Waals surface area contributed by atoms with Crippen molar-refractivity contribution in [2.24, 2.45) is 0 Å². The van der Waals surface area contributed by atoms with Crippen LogP contribution in [0.5, 0.6) is 5.75 Å².